The Morgan fingerprint density at radius 3 is 1.88 bits per heavy atom. The summed E-state index contributed by atoms with van der Waals surface area (Å²) >= 11 is 3.28. The van der Waals surface area contributed by atoms with Gasteiger partial charge in [0.25, 0.3) is 0 Å². The average molecular weight is 284 g/mol. The Hall–Kier alpha value is 0.540. The molecule has 0 aliphatic heterocycles. The van der Waals surface area contributed by atoms with Crippen molar-refractivity contribution in [2.45, 2.75) is 36.7 Å². The first kappa shape index (κ1) is 17.5. The fraction of sp³-hybridized carbons (Fsp3) is 1.00. The summed E-state index contributed by atoms with van der Waals surface area (Å²) < 4.78 is 10.0. The number of rotatable bonds is 10. The van der Waals surface area contributed by atoms with Crippen molar-refractivity contribution >= 4 is 23.5 Å². The Morgan fingerprint density at radius 2 is 1.53 bits per heavy atom. The molecule has 0 aromatic rings. The monoisotopic (exact) mass is 284 g/mol. The van der Waals surface area contributed by atoms with Crippen molar-refractivity contribution in [3.63, 3.8) is 0 Å². The minimum Gasteiger partial charge on any atom is -0.388 e. The predicted octanol–water partition coefficient (Wildman–Crippen LogP) is 1.20. The number of ether oxygens (including phenoxy) is 2. The molecule has 0 radical (unpaired) electrons. The van der Waals surface area contributed by atoms with E-state index in [0.717, 1.165) is 11.5 Å². The van der Waals surface area contributed by atoms with Gasteiger partial charge in [-0.15, -0.1) is 23.5 Å². The summed E-state index contributed by atoms with van der Waals surface area (Å²) in [5, 5.41) is 20.2. The molecule has 0 saturated carbocycles. The number of methoxy groups -OCH3 is 2. The van der Waals surface area contributed by atoms with E-state index in [0.29, 0.717) is 0 Å². The second-order valence-corrected chi connectivity index (χ2v) is 6.63. The zero-order chi connectivity index (χ0) is 13.3. The Bertz CT molecular complexity index is 177. The fourth-order valence-corrected chi connectivity index (χ4v) is 4.00. The molecule has 0 aliphatic carbocycles. The molecule has 2 N–H and O–H groups in total. The van der Waals surface area contributed by atoms with Crippen LogP contribution < -0.4 is 0 Å². The fourth-order valence-electron chi connectivity index (χ4n) is 1.43. The summed E-state index contributed by atoms with van der Waals surface area (Å²) in [6, 6.07) is 0. The summed E-state index contributed by atoms with van der Waals surface area (Å²) in [7, 11) is 3.05. The van der Waals surface area contributed by atoms with E-state index in [1.807, 2.05) is 13.8 Å². The lowest BCUT2D eigenvalue weighted by molar-refractivity contribution is -0.0935. The van der Waals surface area contributed by atoms with Crippen LogP contribution in [0.4, 0.5) is 0 Å². The normalized spacial score (nSPS) is 17.1. The van der Waals surface area contributed by atoms with E-state index in [1.54, 1.807) is 30.6 Å². The average Bonchev–Trinajstić information content (AvgIpc) is 2.34. The summed E-state index contributed by atoms with van der Waals surface area (Å²) in [5.74, 6) is 1.81. The van der Waals surface area contributed by atoms with E-state index < -0.39 is 18.3 Å². The molecule has 104 valence electrons. The topological polar surface area (TPSA) is 58.9 Å². The van der Waals surface area contributed by atoms with Crippen LogP contribution in [0.5, 0.6) is 0 Å². The quantitative estimate of drug-likeness (QED) is 0.588. The van der Waals surface area contributed by atoms with Crippen LogP contribution in [0.3, 0.4) is 0 Å². The second-order valence-electron chi connectivity index (χ2n) is 3.49. The molecule has 0 aromatic carbocycles. The molecule has 0 bridgehead atoms. The van der Waals surface area contributed by atoms with E-state index in [9.17, 15) is 10.2 Å². The molecule has 4 nitrogen and oxygen atoms in total. The van der Waals surface area contributed by atoms with Crippen LogP contribution in [-0.2, 0) is 9.47 Å². The molecular weight excluding hydrogens is 260 g/mol. The maximum Gasteiger partial charge on any atom is 0.110 e. The van der Waals surface area contributed by atoms with Crippen LogP contribution in [0.2, 0.25) is 0 Å². The van der Waals surface area contributed by atoms with Gasteiger partial charge in [-0.2, -0.15) is 0 Å². The molecule has 0 aromatic heterocycles. The van der Waals surface area contributed by atoms with Gasteiger partial charge in [-0.05, 0) is 11.5 Å². The first-order valence-electron chi connectivity index (χ1n) is 5.73. The van der Waals surface area contributed by atoms with Gasteiger partial charge in [0.05, 0.1) is 11.2 Å². The molecule has 0 amide bonds. The molecule has 0 heterocycles. The van der Waals surface area contributed by atoms with Gasteiger partial charge in [0, 0.05) is 14.2 Å². The van der Waals surface area contributed by atoms with Crippen molar-refractivity contribution in [1.29, 1.82) is 0 Å². The minimum atomic E-state index is -0.928. The van der Waals surface area contributed by atoms with Crippen LogP contribution >= 0.6 is 23.5 Å². The highest BCUT2D eigenvalue weighted by atomic mass is 32.2. The largest absolute Gasteiger partial charge is 0.388 e. The number of aliphatic hydroxyl groups is 2. The van der Waals surface area contributed by atoms with Gasteiger partial charge >= 0.3 is 0 Å². The highest BCUT2D eigenvalue weighted by molar-refractivity contribution is 8.17. The standard InChI is InChI=1S/C11H24O4S2/c1-5-16-11(17-6-2)10(13)9(12)8(15-4)7-14-3/h8-13H,5-7H2,1-4H3. The zero-order valence-corrected chi connectivity index (χ0v) is 12.6. The Morgan fingerprint density at radius 1 is 1.00 bits per heavy atom. The maximum atomic E-state index is 10.1. The lowest BCUT2D eigenvalue weighted by Crippen LogP contribution is -2.45. The summed E-state index contributed by atoms with van der Waals surface area (Å²) in [6.07, 6.45) is -2.24. The van der Waals surface area contributed by atoms with Crippen LogP contribution in [0, 0.1) is 0 Å². The van der Waals surface area contributed by atoms with Crippen LogP contribution in [-0.4, -0.2) is 65.4 Å². The van der Waals surface area contributed by atoms with Crippen molar-refractivity contribution in [1.82, 2.24) is 0 Å². The number of aliphatic hydroxyl groups excluding tert-OH is 2. The number of hydrogen-bond donors (Lipinski definition) is 2. The zero-order valence-electron chi connectivity index (χ0n) is 11.0. The maximum absolute atomic E-state index is 10.1. The van der Waals surface area contributed by atoms with Gasteiger partial charge in [-0.25, -0.2) is 0 Å². The molecule has 0 aliphatic rings. The van der Waals surface area contributed by atoms with E-state index >= 15 is 0 Å². The predicted molar refractivity (Wildman–Crippen MR) is 74.7 cm³/mol. The first-order valence-corrected chi connectivity index (χ1v) is 7.83. The van der Waals surface area contributed by atoms with Crippen molar-refractivity contribution in [3.8, 4) is 0 Å². The van der Waals surface area contributed by atoms with Crippen molar-refractivity contribution in [3.05, 3.63) is 0 Å². The van der Waals surface area contributed by atoms with E-state index in [2.05, 4.69) is 0 Å². The van der Waals surface area contributed by atoms with Crippen molar-refractivity contribution < 1.29 is 19.7 Å². The van der Waals surface area contributed by atoms with E-state index in [4.69, 9.17) is 9.47 Å². The highest BCUT2D eigenvalue weighted by Crippen LogP contribution is 2.29. The molecule has 0 rings (SSSR count). The van der Waals surface area contributed by atoms with Crippen LogP contribution in [0.25, 0.3) is 0 Å². The number of hydrogen-bond acceptors (Lipinski definition) is 6. The molecule has 17 heavy (non-hydrogen) atoms. The SMILES string of the molecule is CCSC(SCC)C(O)C(O)C(COC)OC. The Balaban J connectivity index is 4.43. The van der Waals surface area contributed by atoms with Gasteiger partial charge in [-0.1, -0.05) is 13.8 Å². The molecule has 0 fully saturated rings. The third-order valence-electron chi connectivity index (χ3n) is 2.31. The van der Waals surface area contributed by atoms with Gasteiger partial charge in [0.1, 0.15) is 18.3 Å². The van der Waals surface area contributed by atoms with Gasteiger partial charge in [0.2, 0.25) is 0 Å². The Labute approximate surface area is 112 Å². The van der Waals surface area contributed by atoms with E-state index in [1.165, 1.54) is 7.11 Å². The minimum absolute atomic E-state index is 0.0329. The van der Waals surface area contributed by atoms with Crippen molar-refractivity contribution in [2.24, 2.45) is 0 Å². The molecule has 0 saturated heterocycles. The highest BCUT2D eigenvalue weighted by Gasteiger charge is 2.32. The Kier molecular flexibility index (Phi) is 10.8. The summed E-state index contributed by atoms with van der Waals surface area (Å²) in [6.45, 7) is 4.35. The van der Waals surface area contributed by atoms with Gasteiger partial charge < -0.3 is 19.7 Å². The molecule has 3 unspecified atom stereocenters. The second kappa shape index (κ2) is 10.5. The third kappa shape index (κ3) is 6.31. The smallest absolute Gasteiger partial charge is 0.110 e. The molecular formula is C11H24O4S2. The number of thioether (sulfide) groups is 2. The third-order valence-corrected chi connectivity index (χ3v) is 5.00. The van der Waals surface area contributed by atoms with Crippen LogP contribution in [0.1, 0.15) is 13.8 Å². The van der Waals surface area contributed by atoms with Gasteiger partial charge in [-0.3, -0.25) is 0 Å². The molecule has 0 spiro atoms. The van der Waals surface area contributed by atoms with E-state index in [-0.39, 0.29) is 11.2 Å². The van der Waals surface area contributed by atoms with Crippen LogP contribution in [0.15, 0.2) is 0 Å². The van der Waals surface area contributed by atoms with Gasteiger partial charge in [0.15, 0.2) is 0 Å². The molecule has 6 heteroatoms. The molecule has 3 atom stereocenters. The first-order chi connectivity index (χ1) is 8.12. The summed E-state index contributed by atoms with van der Waals surface area (Å²) in [5.41, 5.74) is 0. The summed E-state index contributed by atoms with van der Waals surface area (Å²) in [4.78, 5) is 0. The lowest BCUT2D eigenvalue weighted by atomic mass is 10.1. The van der Waals surface area contributed by atoms with Crippen molar-refractivity contribution in [2.75, 3.05) is 32.3 Å². The lowest BCUT2D eigenvalue weighted by Gasteiger charge is -2.29.